The third-order valence-corrected chi connectivity index (χ3v) is 1.47. The first-order chi connectivity index (χ1) is 5.69. The van der Waals surface area contributed by atoms with Crippen LogP contribution in [0.5, 0.6) is 5.75 Å². The molecule has 5 nitrogen and oxygen atoms in total. The number of benzene rings is 1. The van der Waals surface area contributed by atoms with Gasteiger partial charge in [-0.1, -0.05) is 0 Å². The Bertz CT molecular complexity index is 336. The largest absolute Gasteiger partial charge is 0.505 e. The molecule has 0 aliphatic carbocycles. The van der Waals surface area contributed by atoms with Crippen LogP contribution in [0, 0.1) is 16.7 Å². The second kappa shape index (κ2) is 3.08. The maximum Gasteiger partial charge on any atom is 0.152 e. The zero-order valence-electron chi connectivity index (χ0n) is 6.31. The molecule has 0 unspecified atom stereocenters. The van der Waals surface area contributed by atoms with Crippen molar-refractivity contribution in [2.24, 2.45) is 10.4 Å². The van der Waals surface area contributed by atoms with Crippen LogP contribution in [0.25, 0.3) is 0 Å². The van der Waals surface area contributed by atoms with E-state index in [1.165, 1.54) is 6.07 Å². The molecule has 0 aromatic heterocycles. The van der Waals surface area contributed by atoms with Crippen LogP contribution in [0.4, 0.5) is 11.4 Å². The number of hydrogen-bond donors (Lipinski definition) is 1. The molecule has 0 aliphatic rings. The Morgan fingerprint density at radius 1 is 1.25 bits per heavy atom. The Balaban J connectivity index is 3.37. The van der Waals surface area contributed by atoms with Gasteiger partial charge in [0.15, 0.2) is 5.69 Å². The van der Waals surface area contributed by atoms with Crippen LogP contribution in [0.1, 0.15) is 5.56 Å². The lowest BCUT2D eigenvalue weighted by Gasteiger charge is -1.99. The van der Waals surface area contributed by atoms with Crippen molar-refractivity contribution in [3.8, 4) is 5.75 Å². The molecule has 0 bridgehead atoms. The zero-order chi connectivity index (χ0) is 9.14. The van der Waals surface area contributed by atoms with E-state index < -0.39 is 0 Å². The highest BCUT2D eigenvalue weighted by Crippen LogP contribution is 2.33. The molecule has 0 fully saturated rings. The Hall–Kier alpha value is -1.78. The zero-order valence-corrected chi connectivity index (χ0v) is 6.31. The molecule has 0 aliphatic heterocycles. The monoisotopic (exact) mass is 166 g/mol. The number of phenolic OH excluding ortho intramolecular Hbond substituents is 1. The predicted molar refractivity (Wildman–Crippen MR) is 43.8 cm³/mol. The molecule has 1 aromatic carbocycles. The molecule has 0 spiro atoms. The van der Waals surface area contributed by atoms with Crippen LogP contribution in [0.2, 0.25) is 0 Å². The second-order valence-corrected chi connectivity index (χ2v) is 2.31. The van der Waals surface area contributed by atoms with Gasteiger partial charge >= 0.3 is 0 Å². The van der Waals surface area contributed by atoms with Gasteiger partial charge < -0.3 is 5.11 Å². The van der Waals surface area contributed by atoms with Crippen molar-refractivity contribution in [2.45, 2.75) is 6.92 Å². The van der Waals surface area contributed by atoms with Gasteiger partial charge in [0.2, 0.25) is 0 Å². The predicted octanol–water partition coefficient (Wildman–Crippen LogP) is 2.50. The van der Waals surface area contributed by atoms with Gasteiger partial charge in [0.25, 0.3) is 0 Å². The third kappa shape index (κ3) is 1.29. The minimum absolute atomic E-state index is 0.0832. The van der Waals surface area contributed by atoms with E-state index in [4.69, 9.17) is 0 Å². The van der Waals surface area contributed by atoms with E-state index in [-0.39, 0.29) is 17.1 Å². The molecule has 12 heavy (non-hydrogen) atoms. The van der Waals surface area contributed by atoms with Crippen LogP contribution in [0.15, 0.2) is 22.5 Å². The van der Waals surface area contributed by atoms with E-state index in [0.29, 0.717) is 5.56 Å². The van der Waals surface area contributed by atoms with Gasteiger partial charge in [-0.2, -0.15) is 0 Å². The number of hydrogen-bond acceptors (Lipinski definition) is 5. The number of phenols is 1. The molecule has 1 N–H and O–H groups in total. The van der Waals surface area contributed by atoms with E-state index in [9.17, 15) is 14.9 Å². The smallest absolute Gasteiger partial charge is 0.152 e. The molecule has 5 heteroatoms. The van der Waals surface area contributed by atoms with Gasteiger partial charge in [-0.15, -0.1) is 9.81 Å². The summed E-state index contributed by atoms with van der Waals surface area (Å²) in [5, 5.41) is 14.3. The van der Waals surface area contributed by atoms with Crippen molar-refractivity contribution in [3.63, 3.8) is 0 Å². The van der Waals surface area contributed by atoms with Gasteiger partial charge in [0.1, 0.15) is 11.4 Å². The summed E-state index contributed by atoms with van der Waals surface area (Å²) in [6, 6.07) is 2.50. The number of nitroso groups, excluding NO2 is 2. The van der Waals surface area contributed by atoms with Crippen molar-refractivity contribution in [3.05, 3.63) is 27.5 Å². The van der Waals surface area contributed by atoms with Crippen LogP contribution < -0.4 is 0 Å². The van der Waals surface area contributed by atoms with Gasteiger partial charge in [-0.3, -0.25) is 0 Å². The van der Waals surface area contributed by atoms with E-state index in [2.05, 4.69) is 10.4 Å². The standard InChI is InChI=1S/C7H6N2O3/c1-4-2-5(8-11)3-6(9-12)7(4)10/h2-3,10H,1H3. The van der Waals surface area contributed by atoms with Crippen LogP contribution in [0.3, 0.4) is 0 Å². The fourth-order valence-electron chi connectivity index (χ4n) is 0.865. The van der Waals surface area contributed by atoms with E-state index in [1.54, 1.807) is 6.92 Å². The quantitative estimate of drug-likeness (QED) is 0.685. The maximum absolute atomic E-state index is 10.1. The van der Waals surface area contributed by atoms with Gasteiger partial charge in [-0.25, -0.2) is 0 Å². The van der Waals surface area contributed by atoms with E-state index in [1.807, 2.05) is 0 Å². The van der Waals surface area contributed by atoms with Crippen molar-refractivity contribution >= 4 is 11.4 Å². The van der Waals surface area contributed by atoms with E-state index in [0.717, 1.165) is 6.07 Å². The molecule has 0 saturated heterocycles. The average molecular weight is 166 g/mol. The molecule has 0 atom stereocenters. The highest BCUT2D eigenvalue weighted by Gasteiger charge is 2.07. The lowest BCUT2D eigenvalue weighted by molar-refractivity contribution is 0.472. The topological polar surface area (TPSA) is 79.1 Å². The molecule has 0 saturated carbocycles. The fraction of sp³-hybridized carbons (Fsp3) is 0.143. The van der Waals surface area contributed by atoms with Gasteiger partial charge in [-0.05, 0) is 28.9 Å². The number of rotatable bonds is 2. The summed E-state index contributed by atoms with van der Waals surface area (Å²) in [6.07, 6.45) is 0. The van der Waals surface area contributed by atoms with Gasteiger partial charge in [0.05, 0.1) is 0 Å². The summed E-state index contributed by atoms with van der Waals surface area (Å²) in [7, 11) is 0. The lowest BCUT2D eigenvalue weighted by atomic mass is 10.2. The first kappa shape index (κ1) is 8.32. The fourth-order valence-corrected chi connectivity index (χ4v) is 0.865. The lowest BCUT2D eigenvalue weighted by Crippen LogP contribution is -1.75. The van der Waals surface area contributed by atoms with Crippen molar-refractivity contribution < 1.29 is 5.11 Å². The molecule has 62 valence electrons. The highest BCUT2D eigenvalue weighted by atomic mass is 16.3. The van der Waals surface area contributed by atoms with Crippen LogP contribution >= 0.6 is 0 Å². The molecule has 1 aromatic rings. The number of aromatic hydroxyl groups is 1. The SMILES string of the molecule is Cc1cc(N=O)cc(N=O)c1O. The molecular formula is C7H6N2O3. The van der Waals surface area contributed by atoms with Gasteiger partial charge in [0, 0.05) is 6.07 Å². The van der Waals surface area contributed by atoms with Crippen molar-refractivity contribution in [1.29, 1.82) is 0 Å². The van der Waals surface area contributed by atoms with Crippen LogP contribution in [-0.4, -0.2) is 5.11 Å². The van der Waals surface area contributed by atoms with E-state index >= 15 is 0 Å². The summed E-state index contributed by atoms with van der Waals surface area (Å²) >= 11 is 0. The van der Waals surface area contributed by atoms with Crippen molar-refractivity contribution in [2.75, 3.05) is 0 Å². The first-order valence-electron chi connectivity index (χ1n) is 3.19. The highest BCUT2D eigenvalue weighted by molar-refractivity contribution is 5.62. The number of nitrogens with zero attached hydrogens (tertiary/aromatic N) is 2. The molecule has 0 radical (unpaired) electrons. The normalized spacial score (nSPS) is 9.42. The van der Waals surface area contributed by atoms with Crippen molar-refractivity contribution in [1.82, 2.24) is 0 Å². The second-order valence-electron chi connectivity index (χ2n) is 2.31. The average Bonchev–Trinajstić information content (AvgIpc) is 2.09. The minimum atomic E-state index is -0.211. The molecule has 0 heterocycles. The Morgan fingerprint density at radius 3 is 2.42 bits per heavy atom. The molecular weight excluding hydrogens is 160 g/mol. The van der Waals surface area contributed by atoms with Crippen LogP contribution in [-0.2, 0) is 0 Å². The maximum atomic E-state index is 10.1. The molecule has 0 amide bonds. The summed E-state index contributed by atoms with van der Waals surface area (Å²) in [5.41, 5.74) is 0.325. The summed E-state index contributed by atoms with van der Waals surface area (Å²) < 4.78 is 0. The third-order valence-electron chi connectivity index (χ3n) is 1.47. The Kier molecular flexibility index (Phi) is 2.14. The first-order valence-corrected chi connectivity index (χ1v) is 3.19. The Morgan fingerprint density at radius 2 is 1.92 bits per heavy atom. The summed E-state index contributed by atoms with van der Waals surface area (Å²) in [4.78, 5) is 20.2. The number of aryl methyl sites for hydroxylation is 1. The Labute approximate surface area is 68.0 Å². The molecule has 1 rings (SSSR count). The summed E-state index contributed by atoms with van der Waals surface area (Å²) in [5.74, 6) is -0.211. The minimum Gasteiger partial charge on any atom is -0.505 e. The summed E-state index contributed by atoms with van der Waals surface area (Å²) in [6.45, 7) is 1.55.